The molecule has 0 aliphatic heterocycles. The van der Waals surface area contributed by atoms with Crippen LogP contribution in [0, 0.1) is 0 Å². The van der Waals surface area contributed by atoms with E-state index in [2.05, 4.69) is 15.2 Å². The van der Waals surface area contributed by atoms with Crippen molar-refractivity contribution >= 4 is 22.8 Å². The second kappa shape index (κ2) is 8.76. The number of H-pyrrole nitrogens is 1. The van der Waals surface area contributed by atoms with E-state index in [1.807, 2.05) is 68.7 Å². The third kappa shape index (κ3) is 3.84. The van der Waals surface area contributed by atoms with Gasteiger partial charge in [-0.1, -0.05) is 42.5 Å². The Morgan fingerprint density at radius 1 is 1.03 bits per heavy atom. The van der Waals surface area contributed by atoms with Gasteiger partial charge in [-0.3, -0.25) is 9.59 Å². The van der Waals surface area contributed by atoms with Gasteiger partial charge in [0.1, 0.15) is 5.82 Å². The molecule has 1 aliphatic carbocycles. The molecule has 0 bridgehead atoms. The van der Waals surface area contributed by atoms with Crippen LogP contribution >= 0.6 is 0 Å². The third-order valence-corrected chi connectivity index (χ3v) is 6.30. The molecule has 0 saturated carbocycles. The first-order chi connectivity index (χ1) is 16.4. The number of aromatic nitrogens is 2. The van der Waals surface area contributed by atoms with Crippen molar-refractivity contribution in [1.29, 1.82) is 0 Å². The fraction of sp³-hybridized carbons (Fsp3) is 0.222. The van der Waals surface area contributed by atoms with E-state index in [1.54, 1.807) is 6.07 Å². The van der Waals surface area contributed by atoms with Crippen LogP contribution in [0.2, 0.25) is 0 Å². The first-order valence-corrected chi connectivity index (χ1v) is 11.4. The van der Waals surface area contributed by atoms with E-state index >= 15 is 0 Å². The topological polar surface area (TPSA) is 104 Å². The van der Waals surface area contributed by atoms with Crippen LogP contribution in [0.25, 0.3) is 33.5 Å². The van der Waals surface area contributed by atoms with E-state index in [9.17, 15) is 9.59 Å². The van der Waals surface area contributed by atoms with Gasteiger partial charge in [0.05, 0.1) is 17.0 Å². The van der Waals surface area contributed by atoms with Crippen LogP contribution in [0.15, 0.2) is 60.7 Å². The van der Waals surface area contributed by atoms with Crippen LogP contribution in [0.5, 0.6) is 0 Å². The smallest absolute Gasteiger partial charge is 0.251 e. The number of carbonyl (C=O) groups is 2. The van der Waals surface area contributed by atoms with Gasteiger partial charge < -0.3 is 20.9 Å². The van der Waals surface area contributed by atoms with Crippen molar-refractivity contribution in [3.63, 3.8) is 0 Å². The molecule has 1 aliphatic rings. The van der Waals surface area contributed by atoms with Crippen LogP contribution in [0.3, 0.4) is 0 Å². The number of hydrogen-bond donors (Lipinski definition) is 3. The van der Waals surface area contributed by atoms with Crippen molar-refractivity contribution in [2.24, 2.45) is 5.73 Å². The number of nitrogens with two attached hydrogens (primary N) is 1. The maximum Gasteiger partial charge on any atom is 0.251 e. The van der Waals surface area contributed by atoms with Gasteiger partial charge in [-0.05, 0) is 67.5 Å². The Balaban J connectivity index is 1.49. The molecule has 1 atom stereocenters. The minimum absolute atomic E-state index is 0.101. The summed E-state index contributed by atoms with van der Waals surface area (Å²) in [5.41, 5.74) is 12.6. The summed E-state index contributed by atoms with van der Waals surface area (Å²) in [6.45, 7) is 1.55. The number of benzene rings is 3. The molecule has 5 rings (SSSR count). The normalized spacial score (nSPS) is 14.3. The zero-order valence-electron chi connectivity index (χ0n) is 19.3. The Hall–Kier alpha value is -3.97. The summed E-state index contributed by atoms with van der Waals surface area (Å²) in [6.07, 6.45) is 0.891. The predicted molar refractivity (Wildman–Crippen MR) is 134 cm³/mol. The molecule has 0 radical (unpaired) electrons. The Kier molecular flexibility index (Phi) is 5.63. The number of rotatable bonds is 7. The van der Waals surface area contributed by atoms with Gasteiger partial charge in [0.25, 0.3) is 5.91 Å². The number of carbonyl (C=O) groups excluding carboxylic acids is 2. The Morgan fingerprint density at radius 3 is 2.59 bits per heavy atom. The standard InChI is InChI=1S/C27H27N5O2/c1-32(2)14-6-13-29-27(34)16-11-12-21-22(15-16)31-26(30-21)20-10-5-9-19-23(20)17-7-3-4-8-18(17)24(19)25(28)33/h3-5,7-12,15,24H,6,13-14H2,1-2H3,(H2,28,33)(H,29,34)(H,30,31)/t24-/m1/s1. The molecule has 0 unspecified atom stereocenters. The second-order valence-electron chi connectivity index (χ2n) is 8.92. The highest BCUT2D eigenvalue weighted by molar-refractivity contribution is 6.01. The molecule has 2 amide bonds. The van der Waals surface area contributed by atoms with E-state index in [0.717, 1.165) is 51.8 Å². The van der Waals surface area contributed by atoms with Crippen LogP contribution in [-0.4, -0.2) is 53.9 Å². The molecular formula is C27H27N5O2. The van der Waals surface area contributed by atoms with Crippen molar-refractivity contribution in [3.8, 4) is 22.5 Å². The van der Waals surface area contributed by atoms with Crippen molar-refractivity contribution in [3.05, 3.63) is 77.4 Å². The lowest BCUT2D eigenvalue weighted by Gasteiger charge is -2.10. The van der Waals surface area contributed by atoms with Crippen molar-refractivity contribution in [2.45, 2.75) is 12.3 Å². The second-order valence-corrected chi connectivity index (χ2v) is 8.92. The van der Waals surface area contributed by atoms with Gasteiger partial charge in [-0.2, -0.15) is 0 Å². The number of nitrogens with one attached hydrogen (secondary N) is 2. The molecule has 1 aromatic heterocycles. The summed E-state index contributed by atoms with van der Waals surface area (Å²) in [6, 6.07) is 19.2. The molecule has 0 fully saturated rings. The zero-order valence-corrected chi connectivity index (χ0v) is 19.3. The molecule has 0 saturated heterocycles. The number of nitrogens with zero attached hydrogens (tertiary/aromatic N) is 2. The summed E-state index contributed by atoms with van der Waals surface area (Å²) in [5.74, 6) is -0.251. The van der Waals surface area contributed by atoms with E-state index in [4.69, 9.17) is 10.7 Å². The SMILES string of the molecule is CN(C)CCCNC(=O)c1ccc2nc(-c3cccc4c3-c3ccccc3[C@H]4C(N)=O)[nH]c2c1. The minimum atomic E-state index is -0.474. The molecule has 4 aromatic rings. The van der Waals surface area contributed by atoms with Crippen LogP contribution in [0.1, 0.15) is 33.8 Å². The Labute approximate surface area is 198 Å². The highest BCUT2D eigenvalue weighted by atomic mass is 16.2. The van der Waals surface area contributed by atoms with Gasteiger partial charge in [0.15, 0.2) is 0 Å². The van der Waals surface area contributed by atoms with Crippen LogP contribution in [-0.2, 0) is 4.79 Å². The average Bonchev–Trinajstić information content (AvgIpc) is 3.40. The highest BCUT2D eigenvalue weighted by Crippen LogP contribution is 2.48. The summed E-state index contributed by atoms with van der Waals surface area (Å²) >= 11 is 0. The lowest BCUT2D eigenvalue weighted by molar-refractivity contribution is -0.118. The monoisotopic (exact) mass is 453 g/mol. The summed E-state index contributed by atoms with van der Waals surface area (Å²) in [7, 11) is 4.03. The molecule has 4 N–H and O–H groups in total. The fourth-order valence-corrected chi connectivity index (χ4v) is 4.74. The molecule has 7 heteroatoms. The molecule has 0 spiro atoms. The molecule has 1 heterocycles. The zero-order chi connectivity index (χ0) is 23.8. The summed E-state index contributed by atoms with van der Waals surface area (Å²) in [5, 5.41) is 2.97. The van der Waals surface area contributed by atoms with Crippen molar-refractivity contribution < 1.29 is 9.59 Å². The molecule has 172 valence electrons. The number of aromatic amines is 1. The van der Waals surface area contributed by atoms with E-state index in [1.165, 1.54) is 0 Å². The van der Waals surface area contributed by atoms with Gasteiger partial charge in [-0.25, -0.2) is 4.98 Å². The first-order valence-electron chi connectivity index (χ1n) is 11.4. The number of hydrogen-bond acceptors (Lipinski definition) is 4. The van der Waals surface area contributed by atoms with E-state index < -0.39 is 5.92 Å². The molecule has 34 heavy (non-hydrogen) atoms. The maximum atomic E-state index is 12.6. The van der Waals surface area contributed by atoms with Crippen LogP contribution in [0.4, 0.5) is 0 Å². The maximum absolute atomic E-state index is 12.6. The Morgan fingerprint density at radius 2 is 1.79 bits per heavy atom. The summed E-state index contributed by atoms with van der Waals surface area (Å²) < 4.78 is 0. The van der Waals surface area contributed by atoms with E-state index in [-0.39, 0.29) is 11.8 Å². The number of primary amides is 1. The average molecular weight is 454 g/mol. The van der Waals surface area contributed by atoms with E-state index in [0.29, 0.717) is 17.9 Å². The third-order valence-electron chi connectivity index (χ3n) is 6.30. The predicted octanol–water partition coefficient (Wildman–Crippen LogP) is 3.51. The van der Waals surface area contributed by atoms with Gasteiger partial charge in [0.2, 0.25) is 5.91 Å². The first kappa shape index (κ1) is 21.9. The minimum Gasteiger partial charge on any atom is -0.369 e. The Bertz CT molecular complexity index is 1410. The molecular weight excluding hydrogens is 426 g/mol. The molecule has 7 nitrogen and oxygen atoms in total. The summed E-state index contributed by atoms with van der Waals surface area (Å²) in [4.78, 5) is 35.2. The lowest BCUT2D eigenvalue weighted by atomic mass is 9.95. The van der Waals surface area contributed by atoms with Crippen molar-refractivity contribution in [2.75, 3.05) is 27.2 Å². The highest BCUT2D eigenvalue weighted by Gasteiger charge is 2.34. The number of fused-ring (bicyclic) bond motifs is 4. The lowest BCUT2D eigenvalue weighted by Crippen LogP contribution is -2.27. The van der Waals surface area contributed by atoms with Gasteiger partial charge in [-0.15, -0.1) is 0 Å². The quantitative estimate of drug-likeness (QED) is 0.373. The largest absolute Gasteiger partial charge is 0.369 e. The fourth-order valence-electron chi connectivity index (χ4n) is 4.74. The number of amides is 2. The number of imidazole rings is 1. The van der Waals surface area contributed by atoms with Crippen molar-refractivity contribution in [1.82, 2.24) is 20.2 Å². The van der Waals surface area contributed by atoms with Crippen LogP contribution < -0.4 is 11.1 Å². The molecule has 3 aromatic carbocycles. The van der Waals surface area contributed by atoms with Gasteiger partial charge in [0, 0.05) is 17.7 Å². The van der Waals surface area contributed by atoms with Gasteiger partial charge >= 0.3 is 0 Å².